The van der Waals surface area contributed by atoms with Gasteiger partial charge in [0.1, 0.15) is 5.82 Å². The molecule has 0 aliphatic rings. The Morgan fingerprint density at radius 3 is 2.50 bits per heavy atom. The molecule has 20 heavy (non-hydrogen) atoms. The van der Waals surface area contributed by atoms with Gasteiger partial charge in [0, 0.05) is 6.04 Å². The molecule has 4 nitrogen and oxygen atoms in total. The van der Waals surface area contributed by atoms with E-state index in [9.17, 15) is 12.8 Å². The molecule has 0 heterocycles. The Morgan fingerprint density at radius 2 is 1.95 bits per heavy atom. The van der Waals surface area contributed by atoms with E-state index in [-0.39, 0.29) is 16.6 Å². The van der Waals surface area contributed by atoms with E-state index in [4.69, 9.17) is 5.73 Å². The van der Waals surface area contributed by atoms with Crippen LogP contribution in [0.25, 0.3) is 0 Å². The number of rotatable bonds is 8. The fraction of sp³-hybridized carbons (Fsp3) is 0.571. The average molecular weight is 302 g/mol. The predicted molar refractivity (Wildman–Crippen MR) is 79.4 cm³/mol. The van der Waals surface area contributed by atoms with Crippen molar-refractivity contribution in [2.75, 3.05) is 5.73 Å². The Balaban J connectivity index is 2.87. The molecule has 0 radical (unpaired) electrons. The van der Waals surface area contributed by atoms with Gasteiger partial charge in [-0.2, -0.15) is 0 Å². The molecular formula is C14H23FN2O2S. The van der Waals surface area contributed by atoms with E-state index in [0.29, 0.717) is 0 Å². The Kier molecular flexibility index (Phi) is 6.42. The van der Waals surface area contributed by atoms with Crippen LogP contribution in [0.3, 0.4) is 0 Å². The summed E-state index contributed by atoms with van der Waals surface area (Å²) in [7, 11) is -3.65. The first-order valence-electron chi connectivity index (χ1n) is 6.98. The van der Waals surface area contributed by atoms with Crippen LogP contribution in [0.15, 0.2) is 23.1 Å². The zero-order valence-electron chi connectivity index (χ0n) is 12.0. The maximum absolute atomic E-state index is 13.1. The molecule has 0 amide bonds. The van der Waals surface area contributed by atoms with Gasteiger partial charge < -0.3 is 5.73 Å². The average Bonchev–Trinajstić information content (AvgIpc) is 2.39. The van der Waals surface area contributed by atoms with E-state index in [1.165, 1.54) is 6.07 Å². The number of benzene rings is 1. The lowest BCUT2D eigenvalue weighted by Crippen LogP contribution is -2.34. The normalized spacial score (nSPS) is 13.3. The third-order valence-corrected chi connectivity index (χ3v) is 4.66. The van der Waals surface area contributed by atoms with Crippen molar-refractivity contribution in [3.05, 3.63) is 24.0 Å². The third kappa shape index (κ3) is 4.76. The van der Waals surface area contributed by atoms with Crippen molar-refractivity contribution in [1.82, 2.24) is 4.72 Å². The molecule has 0 aromatic heterocycles. The number of nitrogen functional groups attached to an aromatic ring is 1. The molecule has 0 saturated heterocycles. The molecule has 0 aliphatic heterocycles. The molecule has 1 rings (SSSR count). The van der Waals surface area contributed by atoms with Crippen LogP contribution in [0, 0.1) is 5.82 Å². The summed E-state index contributed by atoms with van der Waals surface area (Å²) in [5.74, 6) is -0.611. The van der Waals surface area contributed by atoms with Crippen LogP contribution in [-0.2, 0) is 10.0 Å². The van der Waals surface area contributed by atoms with Crippen LogP contribution < -0.4 is 10.5 Å². The number of hydrogen-bond acceptors (Lipinski definition) is 3. The Bertz CT molecular complexity index is 532. The molecule has 0 bridgehead atoms. The van der Waals surface area contributed by atoms with Crippen molar-refractivity contribution < 1.29 is 12.8 Å². The van der Waals surface area contributed by atoms with Crippen LogP contribution in [-0.4, -0.2) is 14.5 Å². The van der Waals surface area contributed by atoms with Gasteiger partial charge in [-0.1, -0.05) is 33.1 Å². The molecule has 0 saturated carbocycles. The fourth-order valence-electron chi connectivity index (χ4n) is 2.04. The largest absolute Gasteiger partial charge is 0.396 e. The third-order valence-electron chi connectivity index (χ3n) is 3.14. The van der Waals surface area contributed by atoms with E-state index in [0.717, 1.165) is 44.2 Å². The number of nitrogens with two attached hydrogens (primary N) is 1. The van der Waals surface area contributed by atoms with Crippen molar-refractivity contribution >= 4 is 15.7 Å². The molecule has 3 N–H and O–H groups in total. The van der Waals surface area contributed by atoms with Crippen LogP contribution in [0.4, 0.5) is 10.1 Å². The van der Waals surface area contributed by atoms with Crippen LogP contribution in [0.1, 0.15) is 46.0 Å². The molecule has 6 heteroatoms. The van der Waals surface area contributed by atoms with Crippen LogP contribution >= 0.6 is 0 Å². The van der Waals surface area contributed by atoms with Crippen LogP contribution in [0.5, 0.6) is 0 Å². The number of unbranched alkanes of at least 4 members (excludes halogenated alkanes) is 1. The monoisotopic (exact) mass is 302 g/mol. The predicted octanol–water partition coefficient (Wildman–Crippen LogP) is 3.05. The van der Waals surface area contributed by atoms with Crippen molar-refractivity contribution in [3.63, 3.8) is 0 Å². The number of anilines is 1. The molecule has 1 aromatic carbocycles. The van der Waals surface area contributed by atoms with Gasteiger partial charge in [0.25, 0.3) is 0 Å². The van der Waals surface area contributed by atoms with E-state index in [2.05, 4.69) is 11.6 Å². The SMILES string of the molecule is CCCCC(CCC)NS(=O)(=O)c1ccc(F)c(N)c1. The second-order valence-corrected chi connectivity index (χ2v) is 6.65. The standard InChI is InChI=1S/C14H23FN2O2S/c1-3-5-7-11(6-4-2)17-20(18,19)12-8-9-13(15)14(16)10-12/h8-11,17H,3-7,16H2,1-2H3. The Labute approximate surface area is 120 Å². The van der Waals surface area contributed by atoms with Gasteiger partial charge in [0.05, 0.1) is 10.6 Å². The Morgan fingerprint density at radius 1 is 1.25 bits per heavy atom. The van der Waals surface area contributed by atoms with Gasteiger partial charge in [-0.05, 0) is 31.0 Å². The summed E-state index contributed by atoms with van der Waals surface area (Å²) < 4.78 is 40.3. The zero-order valence-corrected chi connectivity index (χ0v) is 12.8. The van der Waals surface area contributed by atoms with E-state index in [1.807, 2.05) is 6.92 Å². The highest BCUT2D eigenvalue weighted by atomic mass is 32.2. The first-order valence-corrected chi connectivity index (χ1v) is 8.46. The maximum Gasteiger partial charge on any atom is 0.240 e. The van der Waals surface area contributed by atoms with Gasteiger partial charge in [-0.15, -0.1) is 0 Å². The topological polar surface area (TPSA) is 72.2 Å². The lowest BCUT2D eigenvalue weighted by molar-refractivity contribution is 0.483. The van der Waals surface area contributed by atoms with Crippen molar-refractivity contribution in [1.29, 1.82) is 0 Å². The highest BCUT2D eigenvalue weighted by molar-refractivity contribution is 7.89. The minimum atomic E-state index is -3.65. The molecule has 1 unspecified atom stereocenters. The minimum Gasteiger partial charge on any atom is -0.396 e. The fourth-order valence-corrected chi connectivity index (χ4v) is 3.38. The molecule has 0 aliphatic carbocycles. The smallest absolute Gasteiger partial charge is 0.240 e. The van der Waals surface area contributed by atoms with E-state index >= 15 is 0 Å². The lowest BCUT2D eigenvalue weighted by Gasteiger charge is -2.18. The quantitative estimate of drug-likeness (QED) is 0.725. The summed E-state index contributed by atoms with van der Waals surface area (Å²) in [6.07, 6.45) is 4.49. The minimum absolute atomic E-state index is 0.00833. The number of hydrogen-bond donors (Lipinski definition) is 2. The molecule has 114 valence electrons. The number of sulfonamides is 1. The summed E-state index contributed by atoms with van der Waals surface area (Å²) in [6.45, 7) is 4.08. The van der Waals surface area contributed by atoms with Crippen LogP contribution in [0.2, 0.25) is 0 Å². The van der Waals surface area contributed by atoms with Crippen molar-refractivity contribution in [3.8, 4) is 0 Å². The van der Waals surface area contributed by atoms with Gasteiger partial charge in [-0.3, -0.25) is 0 Å². The first kappa shape index (κ1) is 16.9. The molecule has 0 fully saturated rings. The number of nitrogens with one attached hydrogen (secondary N) is 1. The van der Waals surface area contributed by atoms with Gasteiger partial charge in [-0.25, -0.2) is 17.5 Å². The summed E-state index contributed by atoms with van der Waals surface area (Å²) >= 11 is 0. The van der Waals surface area contributed by atoms with Gasteiger partial charge in [0.15, 0.2) is 0 Å². The maximum atomic E-state index is 13.1. The molecular weight excluding hydrogens is 279 g/mol. The second-order valence-electron chi connectivity index (χ2n) is 4.93. The van der Waals surface area contributed by atoms with E-state index in [1.54, 1.807) is 0 Å². The van der Waals surface area contributed by atoms with Crippen molar-refractivity contribution in [2.45, 2.75) is 56.9 Å². The molecule has 1 aromatic rings. The summed E-state index contributed by atoms with van der Waals surface area (Å²) in [6, 6.07) is 3.37. The lowest BCUT2D eigenvalue weighted by atomic mass is 10.1. The summed E-state index contributed by atoms with van der Waals surface area (Å²) in [5, 5.41) is 0. The van der Waals surface area contributed by atoms with Gasteiger partial charge in [0.2, 0.25) is 10.0 Å². The highest BCUT2D eigenvalue weighted by Crippen LogP contribution is 2.18. The molecule has 0 spiro atoms. The molecule has 1 atom stereocenters. The first-order chi connectivity index (χ1) is 9.40. The summed E-state index contributed by atoms with van der Waals surface area (Å²) in [4.78, 5) is 0.00833. The highest BCUT2D eigenvalue weighted by Gasteiger charge is 2.20. The zero-order chi connectivity index (χ0) is 15.2. The second kappa shape index (κ2) is 7.59. The number of halogens is 1. The van der Waals surface area contributed by atoms with Crippen molar-refractivity contribution in [2.24, 2.45) is 0 Å². The van der Waals surface area contributed by atoms with E-state index < -0.39 is 15.8 Å². The Hall–Kier alpha value is -1.14. The summed E-state index contributed by atoms with van der Waals surface area (Å²) in [5.41, 5.74) is 5.26. The van der Waals surface area contributed by atoms with Gasteiger partial charge >= 0.3 is 0 Å².